The molecule has 4 nitrogen and oxygen atoms in total. The zero-order valence-electron chi connectivity index (χ0n) is 13.8. The Morgan fingerprint density at radius 2 is 2.04 bits per heavy atom. The van der Waals surface area contributed by atoms with E-state index in [1.54, 1.807) is 12.3 Å². The van der Waals surface area contributed by atoms with Crippen molar-refractivity contribution < 1.29 is 18.7 Å². The molecule has 1 N–H and O–H groups in total. The molecule has 1 aliphatic carbocycles. The molecule has 0 saturated heterocycles. The van der Waals surface area contributed by atoms with Gasteiger partial charge in [-0.15, -0.1) is 0 Å². The average Bonchev–Trinajstić information content (AvgIpc) is 2.46. The van der Waals surface area contributed by atoms with Gasteiger partial charge >= 0.3 is 0 Å². The summed E-state index contributed by atoms with van der Waals surface area (Å²) >= 11 is 1.09. The number of hydrogen-bond acceptors (Lipinski definition) is 5. The summed E-state index contributed by atoms with van der Waals surface area (Å²) < 4.78 is 24.7. The molecule has 2 rings (SSSR count). The fourth-order valence-electron chi connectivity index (χ4n) is 2.31. The lowest BCUT2D eigenvalue weighted by Crippen LogP contribution is -2.47. The maximum Gasteiger partial charge on any atom is 0.226 e. The van der Waals surface area contributed by atoms with E-state index in [1.807, 2.05) is 0 Å². The first-order chi connectivity index (χ1) is 11.0. The molecular weight excluding hydrogens is 317 g/mol. The molecule has 6 heteroatoms. The molecular formula is C17H24FNO3S. The second kappa shape index (κ2) is 8.55. The summed E-state index contributed by atoms with van der Waals surface area (Å²) in [6.45, 7) is 5.28. The number of carbonyl (C=O) groups is 1. The van der Waals surface area contributed by atoms with Crippen LogP contribution in [0.2, 0.25) is 0 Å². The molecule has 23 heavy (non-hydrogen) atoms. The van der Waals surface area contributed by atoms with E-state index in [1.165, 1.54) is 12.1 Å². The van der Waals surface area contributed by atoms with Crippen LogP contribution >= 0.6 is 11.8 Å². The monoisotopic (exact) mass is 341 g/mol. The van der Waals surface area contributed by atoms with Gasteiger partial charge in [-0.05, 0) is 31.6 Å². The van der Waals surface area contributed by atoms with E-state index in [0.29, 0.717) is 23.5 Å². The van der Waals surface area contributed by atoms with Crippen molar-refractivity contribution in [3.05, 3.63) is 24.0 Å². The summed E-state index contributed by atoms with van der Waals surface area (Å²) in [6.07, 6.45) is 3.63. The summed E-state index contributed by atoms with van der Waals surface area (Å²) in [7, 11) is 0. The molecule has 0 unspecified atom stereocenters. The first-order valence-corrected chi connectivity index (χ1v) is 9.09. The molecule has 0 bridgehead atoms. The second-order valence-corrected chi connectivity index (χ2v) is 7.06. The Hall–Kier alpha value is -1.27. The minimum Gasteiger partial charge on any atom is -0.490 e. The summed E-state index contributed by atoms with van der Waals surface area (Å²) in [4.78, 5) is 11.2. The van der Waals surface area contributed by atoms with Gasteiger partial charge < -0.3 is 14.8 Å². The summed E-state index contributed by atoms with van der Waals surface area (Å²) in [6, 6.07) is 4.71. The molecule has 0 amide bonds. The minimum absolute atomic E-state index is 0.0747. The first kappa shape index (κ1) is 18.1. The fourth-order valence-corrected chi connectivity index (χ4v) is 2.49. The molecule has 1 fully saturated rings. The van der Waals surface area contributed by atoms with Crippen LogP contribution in [0.15, 0.2) is 18.2 Å². The highest BCUT2D eigenvalue weighted by molar-refractivity contribution is 8.13. The Kier molecular flexibility index (Phi) is 6.72. The zero-order chi connectivity index (χ0) is 16.8. The highest BCUT2D eigenvalue weighted by atomic mass is 32.2. The smallest absolute Gasteiger partial charge is 0.226 e. The van der Waals surface area contributed by atoms with Gasteiger partial charge in [0.05, 0.1) is 0 Å². The maximum absolute atomic E-state index is 13.6. The molecule has 1 saturated carbocycles. The van der Waals surface area contributed by atoms with Crippen molar-refractivity contribution >= 4 is 16.9 Å². The molecule has 128 valence electrons. The van der Waals surface area contributed by atoms with Crippen LogP contribution in [-0.4, -0.2) is 36.7 Å². The van der Waals surface area contributed by atoms with E-state index in [9.17, 15) is 9.18 Å². The summed E-state index contributed by atoms with van der Waals surface area (Å²) in [5, 5.41) is 3.38. The molecule has 0 heterocycles. The van der Waals surface area contributed by atoms with Gasteiger partial charge in [-0.2, -0.15) is 0 Å². The lowest BCUT2D eigenvalue weighted by molar-refractivity contribution is -0.112. The van der Waals surface area contributed by atoms with Gasteiger partial charge in [0, 0.05) is 24.2 Å². The van der Waals surface area contributed by atoms with Gasteiger partial charge in [0.1, 0.15) is 23.4 Å². The van der Waals surface area contributed by atoms with Crippen molar-refractivity contribution in [2.75, 3.05) is 19.4 Å². The quantitative estimate of drug-likeness (QED) is 0.786. The Bertz CT molecular complexity index is 533. The average molecular weight is 341 g/mol. The van der Waals surface area contributed by atoms with Crippen LogP contribution in [0.1, 0.15) is 26.7 Å². The fraction of sp³-hybridized carbons (Fsp3) is 0.588. The van der Waals surface area contributed by atoms with Crippen LogP contribution in [0.4, 0.5) is 4.39 Å². The molecule has 0 aromatic heterocycles. The number of halogens is 1. The predicted octanol–water partition coefficient (Wildman–Crippen LogP) is 3.25. The van der Waals surface area contributed by atoms with Gasteiger partial charge in [0.2, 0.25) is 5.12 Å². The molecule has 0 atom stereocenters. The Morgan fingerprint density at radius 3 is 2.70 bits per heavy atom. The Morgan fingerprint density at radius 1 is 1.35 bits per heavy atom. The number of rotatable bonds is 8. The Labute approximate surface area is 141 Å². The van der Waals surface area contributed by atoms with Crippen molar-refractivity contribution in [3.8, 4) is 11.5 Å². The standard InChI is InChI=1S/C17H24FNO3S/c1-11(2)9-19-13-6-16(7-13)22-15-5-12(18)4-14(8-15)21-10-17(20)23-3/h4-5,8,11,13,16,19H,6-7,9-10H2,1-3H3/t13-,16+. The molecule has 1 aromatic carbocycles. The van der Waals surface area contributed by atoms with Crippen LogP contribution in [0.5, 0.6) is 11.5 Å². The van der Waals surface area contributed by atoms with Gasteiger partial charge in [0.15, 0.2) is 6.61 Å². The third-order valence-electron chi connectivity index (χ3n) is 3.64. The van der Waals surface area contributed by atoms with E-state index in [0.717, 1.165) is 31.1 Å². The highest BCUT2D eigenvalue weighted by Crippen LogP contribution is 2.29. The van der Waals surface area contributed by atoms with Crippen LogP contribution in [0, 0.1) is 11.7 Å². The normalized spacial score (nSPS) is 20.2. The topological polar surface area (TPSA) is 47.6 Å². The van der Waals surface area contributed by atoms with E-state index in [2.05, 4.69) is 19.2 Å². The maximum atomic E-state index is 13.6. The van der Waals surface area contributed by atoms with E-state index >= 15 is 0 Å². The Balaban J connectivity index is 1.82. The third-order valence-corrected chi connectivity index (χ3v) is 4.21. The van der Waals surface area contributed by atoms with Gasteiger partial charge in [-0.1, -0.05) is 25.6 Å². The lowest BCUT2D eigenvalue weighted by Gasteiger charge is -2.36. The van der Waals surface area contributed by atoms with Gasteiger partial charge in [0.25, 0.3) is 0 Å². The number of thioether (sulfide) groups is 1. The van der Waals surface area contributed by atoms with Crippen LogP contribution in [-0.2, 0) is 4.79 Å². The number of carbonyl (C=O) groups excluding carboxylic acids is 1. The first-order valence-electron chi connectivity index (χ1n) is 7.86. The van der Waals surface area contributed by atoms with Gasteiger partial charge in [-0.25, -0.2) is 4.39 Å². The number of benzene rings is 1. The van der Waals surface area contributed by atoms with Crippen molar-refractivity contribution in [1.29, 1.82) is 0 Å². The van der Waals surface area contributed by atoms with Crippen molar-refractivity contribution in [3.63, 3.8) is 0 Å². The SMILES string of the molecule is CSC(=O)COc1cc(F)cc(O[C@H]2C[C@@H](NCC(C)C)C2)c1. The minimum atomic E-state index is -0.428. The van der Waals surface area contributed by atoms with E-state index in [4.69, 9.17) is 9.47 Å². The van der Waals surface area contributed by atoms with Gasteiger partial charge in [-0.3, -0.25) is 4.79 Å². The van der Waals surface area contributed by atoms with E-state index in [-0.39, 0.29) is 17.8 Å². The molecule has 0 spiro atoms. The third kappa shape index (κ3) is 6.03. The second-order valence-electron chi connectivity index (χ2n) is 6.20. The summed E-state index contributed by atoms with van der Waals surface area (Å²) in [5.74, 6) is 0.963. The summed E-state index contributed by atoms with van der Waals surface area (Å²) in [5.41, 5.74) is 0. The largest absolute Gasteiger partial charge is 0.490 e. The van der Waals surface area contributed by atoms with Crippen molar-refractivity contribution in [2.24, 2.45) is 5.92 Å². The molecule has 0 aliphatic heterocycles. The number of hydrogen-bond donors (Lipinski definition) is 1. The molecule has 1 aromatic rings. The van der Waals surface area contributed by atoms with Crippen molar-refractivity contribution in [1.82, 2.24) is 5.32 Å². The number of ether oxygens (including phenoxy) is 2. The molecule has 1 aliphatic rings. The highest BCUT2D eigenvalue weighted by Gasteiger charge is 2.30. The predicted molar refractivity (Wildman–Crippen MR) is 90.7 cm³/mol. The zero-order valence-corrected chi connectivity index (χ0v) is 14.6. The van der Waals surface area contributed by atoms with Crippen LogP contribution in [0.3, 0.4) is 0 Å². The van der Waals surface area contributed by atoms with E-state index < -0.39 is 5.82 Å². The van der Waals surface area contributed by atoms with Crippen molar-refractivity contribution in [2.45, 2.75) is 38.8 Å². The number of nitrogens with one attached hydrogen (secondary N) is 1. The van der Waals surface area contributed by atoms with Crippen LogP contribution < -0.4 is 14.8 Å². The lowest BCUT2D eigenvalue weighted by atomic mass is 9.89. The van der Waals surface area contributed by atoms with Crippen LogP contribution in [0.25, 0.3) is 0 Å². The molecule has 0 radical (unpaired) electrons.